The van der Waals surface area contributed by atoms with Crippen LogP contribution in [0.25, 0.3) is 0 Å². The van der Waals surface area contributed by atoms with Gasteiger partial charge >= 0.3 is 5.97 Å². The second-order valence-corrected chi connectivity index (χ2v) is 4.72. The third kappa shape index (κ3) is 1.88. The van der Waals surface area contributed by atoms with Gasteiger partial charge in [-0.15, -0.1) is 0 Å². The molecule has 1 N–H and O–H groups in total. The second kappa shape index (κ2) is 4.10. The van der Waals surface area contributed by atoms with Crippen molar-refractivity contribution in [2.24, 2.45) is 5.92 Å². The molecule has 2 heterocycles. The summed E-state index contributed by atoms with van der Waals surface area (Å²) in [7, 11) is 1.71. The number of carbonyl (C=O) groups is 1. The average molecular weight is 213 g/mol. The van der Waals surface area contributed by atoms with Crippen LogP contribution in [0.4, 0.5) is 0 Å². The topological polar surface area (TPSA) is 49.8 Å². The predicted molar refractivity (Wildman–Crippen MR) is 55.7 cm³/mol. The predicted octanol–water partition coefficient (Wildman–Crippen LogP) is 0.959. The molecule has 4 heteroatoms. The highest BCUT2D eigenvalue weighted by molar-refractivity contribution is 5.71. The molecular weight excluding hydrogens is 194 g/mol. The standard InChI is InChI=1S/C11H19NO3/c1-7(15-2)6-12-8-3-4-10(12)9(5-8)11(13)14/h7-10H,3-6H2,1-2H3,(H,13,14). The Morgan fingerprint density at radius 3 is 2.87 bits per heavy atom. The van der Waals surface area contributed by atoms with Crippen LogP contribution in [0, 0.1) is 5.92 Å². The lowest BCUT2D eigenvalue weighted by Gasteiger charge is -2.25. The van der Waals surface area contributed by atoms with Gasteiger partial charge in [0.2, 0.25) is 0 Å². The van der Waals surface area contributed by atoms with Gasteiger partial charge < -0.3 is 9.84 Å². The Kier molecular flexibility index (Phi) is 2.98. The molecule has 15 heavy (non-hydrogen) atoms. The summed E-state index contributed by atoms with van der Waals surface area (Å²) in [4.78, 5) is 13.4. The lowest BCUT2D eigenvalue weighted by Crippen LogP contribution is -2.38. The van der Waals surface area contributed by atoms with Gasteiger partial charge in [-0.05, 0) is 26.2 Å². The third-order valence-electron chi connectivity index (χ3n) is 3.87. The molecule has 86 valence electrons. The van der Waals surface area contributed by atoms with Crippen LogP contribution in [0.15, 0.2) is 0 Å². The molecule has 4 unspecified atom stereocenters. The highest BCUT2D eigenvalue weighted by atomic mass is 16.5. The van der Waals surface area contributed by atoms with Gasteiger partial charge in [-0.1, -0.05) is 0 Å². The Hall–Kier alpha value is -0.610. The molecule has 0 aromatic carbocycles. The number of rotatable bonds is 4. The van der Waals surface area contributed by atoms with Crippen molar-refractivity contribution in [3.63, 3.8) is 0 Å². The van der Waals surface area contributed by atoms with E-state index in [1.54, 1.807) is 7.11 Å². The fraction of sp³-hybridized carbons (Fsp3) is 0.909. The van der Waals surface area contributed by atoms with Gasteiger partial charge in [0.1, 0.15) is 0 Å². The van der Waals surface area contributed by atoms with E-state index in [1.165, 1.54) is 0 Å². The summed E-state index contributed by atoms with van der Waals surface area (Å²) in [5.41, 5.74) is 0. The highest BCUT2D eigenvalue weighted by Gasteiger charge is 2.49. The highest BCUT2D eigenvalue weighted by Crippen LogP contribution is 2.41. The summed E-state index contributed by atoms with van der Waals surface area (Å²) in [5, 5.41) is 9.09. The molecule has 2 aliphatic rings. The number of hydrogen-bond acceptors (Lipinski definition) is 3. The minimum atomic E-state index is -0.628. The van der Waals surface area contributed by atoms with E-state index in [1.807, 2.05) is 6.92 Å². The van der Waals surface area contributed by atoms with Crippen LogP contribution < -0.4 is 0 Å². The van der Waals surface area contributed by atoms with Crippen molar-refractivity contribution < 1.29 is 14.6 Å². The average Bonchev–Trinajstić information content (AvgIpc) is 2.75. The van der Waals surface area contributed by atoms with Crippen LogP contribution in [0.2, 0.25) is 0 Å². The molecule has 2 fully saturated rings. The van der Waals surface area contributed by atoms with E-state index in [0.717, 1.165) is 25.8 Å². The summed E-state index contributed by atoms with van der Waals surface area (Å²) in [6, 6.07) is 0.735. The molecule has 0 aliphatic carbocycles. The minimum Gasteiger partial charge on any atom is -0.481 e. The number of carboxylic acids is 1. The third-order valence-corrected chi connectivity index (χ3v) is 3.87. The van der Waals surface area contributed by atoms with E-state index in [4.69, 9.17) is 9.84 Å². The zero-order chi connectivity index (χ0) is 11.0. The summed E-state index contributed by atoms with van der Waals surface area (Å²) in [5.74, 6) is -0.773. The molecule has 0 amide bonds. The van der Waals surface area contributed by atoms with Crippen LogP contribution in [-0.4, -0.2) is 47.8 Å². The number of ether oxygens (including phenoxy) is 1. The van der Waals surface area contributed by atoms with Crippen LogP contribution >= 0.6 is 0 Å². The summed E-state index contributed by atoms with van der Waals surface area (Å²) in [6.07, 6.45) is 3.22. The molecule has 0 aromatic heterocycles. The lowest BCUT2D eigenvalue weighted by molar-refractivity contribution is -0.142. The van der Waals surface area contributed by atoms with Gasteiger partial charge in [-0.3, -0.25) is 9.69 Å². The van der Waals surface area contributed by atoms with Crippen molar-refractivity contribution in [3.05, 3.63) is 0 Å². The van der Waals surface area contributed by atoms with Gasteiger partial charge in [0, 0.05) is 25.7 Å². The number of nitrogens with zero attached hydrogens (tertiary/aromatic N) is 1. The van der Waals surface area contributed by atoms with Crippen LogP contribution in [-0.2, 0) is 9.53 Å². The zero-order valence-electron chi connectivity index (χ0n) is 9.35. The molecule has 4 nitrogen and oxygen atoms in total. The maximum Gasteiger partial charge on any atom is 0.308 e. The van der Waals surface area contributed by atoms with E-state index in [9.17, 15) is 4.79 Å². The van der Waals surface area contributed by atoms with E-state index in [2.05, 4.69) is 4.90 Å². The summed E-state index contributed by atoms with van der Waals surface area (Å²) >= 11 is 0. The molecule has 0 saturated carbocycles. The van der Waals surface area contributed by atoms with Gasteiger partial charge in [-0.2, -0.15) is 0 Å². The molecule has 0 aromatic rings. The van der Waals surface area contributed by atoms with Crippen LogP contribution in [0.1, 0.15) is 26.2 Å². The normalized spacial score (nSPS) is 37.1. The first kappa shape index (κ1) is 10.9. The monoisotopic (exact) mass is 213 g/mol. The molecule has 0 radical (unpaired) electrons. The van der Waals surface area contributed by atoms with E-state index >= 15 is 0 Å². The maximum atomic E-state index is 11.0. The van der Waals surface area contributed by atoms with Gasteiger partial charge in [0.05, 0.1) is 12.0 Å². The molecule has 2 aliphatic heterocycles. The molecule has 2 bridgehead atoms. The zero-order valence-corrected chi connectivity index (χ0v) is 9.35. The summed E-state index contributed by atoms with van der Waals surface area (Å²) in [6.45, 7) is 2.91. The first-order valence-electron chi connectivity index (χ1n) is 5.64. The van der Waals surface area contributed by atoms with Crippen molar-refractivity contribution in [3.8, 4) is 0 Å². The fourth-order valence-corrected chi connectivity index (χ4v) is 3.02. The SMILES string of the molecule is COC(C)CN1C2CCC1C(C(=O)O)C2. The summed E-state index contributed by atoms with van der Waals surface area (Å²) < 4.78 is 5.24. The van der Waals surface area contributed by atoms with Gasteiger partial charge in [0.25, 0.3) is 0 Å². The van der Waals surface area contributed by atoms with Gasteiger partial charge in [0.15, 0.2) is 0 Å². The van der Waals surface area contributed by atoms with E-state index in [0.29, 0.717) is 6.04 Å². The number of methoxy groups -OCH3 is 1. The minimum absolute atomic E-state index is 0.146. The van der Waals surface area contributed by atoms with E-state index < -0.39 is 5.97 Å². The lowest BCUT2D eigenvalue weighted by atomic mass is 9.89. The van der Waals surface area contributed by atoms with Crippen molar-refractivity contribution in [1.29, 1.82) is 0 Å². The van der Waals surface area contributed by atoms with Crippen molar-refractivity contribution in [1.82, 2.24) is 4.90 Å². The van der Waals surface area contributed by atoms with Crippen molar-refractivity contribution >= 4 is 5.97 Å². The number of aliphatic carboxylic acids is 1. The molecule has 0 spiro atoms. The van der Waals surface area contributed by atoms with E-state index in [-0.39, 0.29) is 18.1 Å². The number of fused-ring (bicyclic) bond motifs is 2. The molecule has 2 saturated heterocycles. The Labute approximate surface area is 90.2 Å². The second-order valence-electron chi connectivity index (χ2n) is 4.72. The Morgan fingerprint density at radius 1 is 1.60 bits per heavy atom. The number of carboxylic acid groups (broad SMARTS) is 1. The van der Waals surface area contributed by atoms with Gasteiger partial charge in [-0.25, -0.2) is 0 Å². The largest absolute Gasteiger partial charge is 0.481 e. The molecular formula is C11H19NO3. The van der Waals surface area contributed by atoms with Crippen LogP contribution in [0.3, 0.4) is 0 Å². The maximum absolute atomic E-state index is 11.0. The molecule has 4 atom stereocenters. The Balaban J connectivity index is 2.00. The smallest absolute Gasteiger partial charge is 0.308 e. The first-order valence-corrected chi connectivity index (χ1v) is 5.64. The molecule has 2 rings (SSSR count). The first-order chi connectivity index (χ1) is 7.13. The Bertz CT molecular complexity index is 256. The number of hydrogen-bond donors (Lipinski definition) is 1. The van der Waals surface area contributed by atoms with Crippen LogP contribution in [0.5, 0.6) is 0 Å². The Morgan fingerprint density at radius 2 is 2.33 bits per heavy atom. The fourth-order valence-electron chi connectivity index (χ4n) is 3.02. The van der Waals surface area contributed by atoms with Crippen molar-refractivity contribution in [2.45, 2.75) is 44.4 Å². The van der Waals surface area contributed by atoms with Crippen molar-refractivity contribution in [2.75, 3.05) is 13.7 Å². The quantitative estimate of drug-likeness (QED) is 0.755.